The summed E-state index contributed by atoms with van der Waals surface area (Å²) < 4.78 is 0. The highest BCUT2D eigenvalue weighted by Gasteiger charge is 2.00. The number of nitrogens with zero attached hydrogens (tertiary/aromatic N) is 2. The number of hydrogen-bond donors (Lipinski definition) is 1. The highest BCUT2D eigenvalue weighted by Crippen LogP contribution is 2.14. The van der Waals surface area contributed by atoms with Gasteiger partial charge in [-0.1, -0.05) is 0 Å². The zero-order chi connectivity index (χ0) is 8.39. The van der Waals surface area contributed by atoms with Gasteiger partial charge in [0.25, 0.3) is 0 Å². The van der Waals surface area contributed by atoms with Crippen molar-refractivity contribution in [1.82, 2.24) is 9.97 Å². The van der Waals surface area contributed by atoms with E-state index in [9.17, 15) is 0 Å². The van der Waals surface area contributed by atoms with Crippen LogP contribution >= 0.6 is 0 Å². The number of aromatic nitrogens is 2. The third-order valence-electron chi connectivity index (χ3n) is 1.81. The molecule has 0 unspecified atom stereocenters. The second kappa shape index (κ2) is 2.67. The maximum absolute atomic E-state index is 8.52. The molecule has 2 aromatic heterocycles. The van der Waals surface area contributed by atoms with Crippen molar-refractivity contribution in [3.63, 3.8) is 0 Å². The molecule has 0 aromatic carbocycles. The van der Waals surface area contributed by atoms with E-state index in [4.69, 9.17) is 5.26 Å². The van der Waals surface area contributed by atoms with Gasteiger partial charge < -0.3 is 4.98 Å². The van der Waals surface area contributed by atoms with Crippen LogP contribution in [0.25, 0.3) is 10.9 Å². The molecule has 0 amide bonds. The Balaban J connectivity index is 2.67. The van der Waals surface area contributed by atoms with Crippen LogP contribution in [0.3, 0.4) is 0 Å². The second-order valence-corrected chi connectivity index (χ2v) is 2.53. The average Bonchev–Trinajstić information content (AvgIpc) is 2.53. The predicted octanol–water partition coefficient (Wildman–Crippen LogP) is 1.63. The number of pyridine rings is 1. The van der Waals surface area contributed by atoms with Crippen LogP contribution in [0.4, 0.5) is 0 Å². The van der Waals surface area contributed by atoms with Crippen LogP contribution < -0.4 is 0 Å². The van der Waals surface area contributed by atoms with Crippen molar-refractivity contribution in [3.05, 3.63) is 30.2 Å². The molecule has 0 spiro atoms. The van der Waals surface area contributed by atoms with Crippen molar-refractivity contribution in [1.29, 1.82) is 5.26 Å². The van der Waals surface area contributed by atoms with E-state index in [0.717, 1.165) is 16.6 Å². The average molecular weight is 157 g/mol. The Hall–Kier alpha value is -1.82. The molecule has 0 aliphatic carbocycles. The number of nitrogens with one attached hydrogen (secondary N) is 1. The summed E-state index contributed by atoms with van der Waals surface area (Å²) >= 11 is 0. The van der Waals surface area contributed by atoms with Gasteiger partial charge in [0.15, 0.2) is 0 Å². The van der Waals surface area contributed by atoms with Gasteiger partial charge in [-0.2, -0.15) is 5.26 Å². The van der Waals surface area contributed by atoms with Crippen molar-refractivity contribution in [2.24, 2.45) is 0 Å². The Bertz CT molecular complexity index is 436. The van der Waals surface area contributed by atoms with E-state index in [1.807, 2.05) is 18.3 Å². The first-order valence-corrected chi connectivity index (χ1v) is 3.70. The summed E-state index contributed by atoms with van der Waals surface area (Å²) in [5.41, 5.74) is 1.88. The molecule has 0 aliphatic rings. The highest BCUT2D eigenvalue weighted by molar-refractivity contribution is 5.81. The van der Waals surface area contributed by atoms with E-state index >= 15 is 0 Å². The van der Waals surface area contributed by atoms with Crippen molar-refractivity contribution < 1.29 is 0 Å². The lowest BCUT2D eigenvalue weighted by Crippen LogP contribution is -1.86. The summed E-state index contributed by atoms with van der Waals surface area (Å²) in [6, 6.07) is 5.93. The smallest absolute Gasteiger partial charge is 0.0781 e. The van der Waals surface area contributed by atoms with Crippen LogP contribution in [0.15, 0.2) is 24.5 Å². The summed E-state index contributed by atoms with van der Waals surface area (Å²) in [4.78, 5) is 7.20. The predicted molar refractivity (Wildman–Crippen MR) is 45.4 cm³/mol. The van der Waals surface area contributed by atoms with Gasteiger partial charge in [-0.15, -0.1) is 0 Å². The lowest BCUT2D eigenvalue weighted by molar-refractivity contribution is 1.14. The van der Waals surface area contributed by atoms with E-state index in [1.165, 1.54) is 0 Å². The number of hydrogen-bond acceptors (Lipinski definition) is 2. The van der Waals surface area contributed by atoms with Crippen LogP contribution in [0.1, 0.15) is 5.69 Å². The lowest BCUT2D eigenvalue weighted by Gasteiger charge is -1.94. The van der Waals surface area contributed by atoms with Gasteiger partial charge in [-0.3, -0.25) is 4.98 Å². The fourth-order valence-corrected chi connectivity index (χ4v) is 1.26. The molecule has 0 fully saturated rings. The maximum atomic E-state index is 8.52. The largest absolute Gasteiger partial charge is 0.361 e. The Morgan fingerprint density at radius 3 is 3.25 bits per heavy atom. The van der Waals surface area contributed by atoms with Gasteiger partial charge in [0.2, 0.25) is 0 Å². The summed E-state index contributed by atoms with van der Waals surface area (Å²) in [5.74, 6) is 0. The Morgan fingerprint density at radius 1 is 1.50 bits per heavy atom. The molecule has 0 saturated heterocycles. The van der Waals surface area contributed by atoms with Crippen LogP contribution in [0.2, 0.25) is 0 Å². The molecule has 0 aliphatic heterocycles. The first-order valence-electron chi connectivity index (χ1n) is 3.70. The molecule has 2 rings (SSSR count). The standard InChI is InChI=1S/C9H7N3/c10-4-1-8-7-2-5-11-9(7)3-6-12-8/h2-3,5-6,11H,1H2. The van der Waals surface area contributed by atoms with E-state index < -0.39 is 0 Å². The first kappa shape index (κ1) is 6.86. The third kappa shape index (κ3) is 0.940. The number of aromatic amines is 1. The van der Waals surface area contributed by atoms with E-state index in [-0.39, 0.29) is 0 Å². The van der Waals surface area contributed by atoms with Crippen LogP contribution in [0, 0.1) is 11.3 Å². The molecule has 3 heteroatoms. The van der Waals surface area contributed by atoms with Crippen molar-refractivity contribution in [2.45, 2.75) is 6.42 Å². The highest BCUT2D eigenvalue weighted by atomic mass is 14.7. The van der Waals surface area contributed by atoms with Gasteiger partial charge in [-0.25, -0.2) is 0 Å². The molecule has 58 valence electrons. The molecule has 0 saturated carbocycles. The minimum Gasteiger partial charge on any atom is -0.361 e. The monoisotopic (exact) mass is 157 g/mol. The normalized spacial score (nSPS) is 9.92. The molecular formula is C9H7N3. The fourth-order valence-electron chi connectivity index (χ4n) is 1.26. The van der Waals surface area contributed by atoms with Crippen LogP contribution in [0.5, 0.6) is 0 Å². The molecular weight excluding hydrogens is 150 g/mol. The third-order valence-corrected chi connectivity index (χ3v) is 1.81. The Labute approximate surface area is 69.7 Å². The summed E-state index contributed by atoms with van der Waals surface area (Å²) in [6.07, 6.45) is 3.94. The first-order chi connectivity index (χ1) is 5.92. The molecule has 0 atom stereocenters. The topological polar surface area (TPSA) is 52.5 Å². The van der Waals surface area contributed by atoms with Gasteiger partial charge >= 0.3 is 0 Å². The zero-order valence-corrected chi connectivity index (χ0v) is 6.41. The van der Waals surface area contributed by atoms with Crippen molar-refractivity contribution >= 4 is 10.9 Å². The zero-order valence-electron chi connectivity index (χ0n) is 6.41. The Morgan fingerprint density at radius 2 is 2.42 bits per heavy atom. The van der Waals surface area contributed by atoms with Gasteiger partial charge in [0.05, 0.1) is 18.2 Å². The van der Waals surface area contributed by atoms with Crippen LogP contribution in [-0.4, -0.2) is 9.97 Å². The lowest BCUT2D eigenvalue weighted by atomic mass is 10.2. The van der Waals surface area contributed by atoms with Crippen molar-refractivity contribution in [3.8, 4) is 6.07 Å². The molecule has 2 heterocycles. The SMILES string of the molecule is N#CCc1nccc2[nH]ccc12. The summed E-state index contributed by atoms with van der Waals surface area (Å²) in [6.45, 7) is 0. The fraction of sp³-hybridized carbons (Fsp3) is 0.111. The van der Waals surface area contributed by atoms with Crippen LogP contribution in [-0.2, 0) is 6.42 Å². The number of nitriles is 1. The molecule has 0 bridgehead atoms. The number of rotatable bonds is 1. The van der Waals surface area contributed by atoms with Gasteiger partial charge in [0, 0.05) is 23.3 Å². The minimum atomic E-state index is 0.370. The molecule has 3 nitrogen and oxygen atoms in total. The number of H-pyrrole nitrogens is 1. The Kier molecular flexibility index (Phi) is 1.52. The molecule has 1 N–H and O–H groups in total. The van der Waals surface area contributed by atoms with E-state index in [0.29, 0.717) is 6.42 Å². The minimum absolute atomic E-state index is 0.370. The maximum Gasteiger partial charge on any atom is 0.0781 e. The van der Waals surface area contributed by atoms with Gasteiger partial charge in [0.1, 0.15) is 0 Å². The molecule has 0 radical (unpaired) electrons. The second-order valence-electron chi connectivity index (χ2n) is 2.53. The molecule has 12 heavy (non-hydrogen) atoms. The van der Waals surface area contributed by atoms with E-state index in [1.54, 1.807) is 6.20 Å². The summed E-state index contributed by atoms with van der Waals surface area (Å²) in [7, 11) is 0. The van der Waals surface area contributed by atoms with E-state index in [2.05, 4.69) is 16.0 Å². The molecule has 2 aromatic rings. The van der Waals surface area contributed by atoms with Gasteiger partial charge in [-0.05, 0) is 12.1 Å². The summed E-state index contributed by atoms with van der Waals surface area (Å²) in [5, 5.41) is 9.56. The quantitative estimate of drug-likeness (QED) is 0.684. The van der Waals surface area contributed by atoms with Crippen molar-refractivity contribution in [2.75, 3.05) is 0 Å². The number of fused-ring (bicyclic) bond motifs is 1.